The van der Waals surface area contributed by atoms with E-state index < -0.39 is 5.41 Å². The molecule has 2 heteroatoms. The minimum absolute atomic E-state index is 0.483. The predicted molar refractivity (Wildman–Crippen MR) is 211 cm³/mol. The van der Waals surface area contributed by atoms with Crippen molar-refractivity contribution in [2.24, 2.45) is 0 Å². The van der Waals surface area contributed by atoms with Crippen molar-refractivity contribution in [2.45, 2.75) is 5.41 Å². The van der Waals surface area contributed by atoms with Crippen LogP contribution in [0, 0.1) is 0 Å². The first-order valence-electron chi connectivity index (χ1n) is 17.5. The van der Waals surface area contributed by atoms with Crippen molar-refractivity contribution >= 4 is 39.0 Å². The summed E-state index contributed by atoms with van der Waals surface area (Å²) < 4.78 is 6.83. The van der Waals surface area contributed by atoms with E-state index in [-0.39, 0.29) is 0 Å². The Bertz CT molecular complexity index is 2610. The third-order valence-corrected chi connectivity index (χ3v) is 10.6. The molecule has 2 nitrogen and oxygen atoms in total. The Labute approximate surface area is 297 Å². The monoisotopic (exact) mass is 651 g/mol. The first-order valence-corrected chi connectivity index (χ1v) is 17.5. The van der Waals surface area contributed by atoms with Gasteiger partial charge in [-0.3, -0.25) is 0 Å². The van der Waals surface area contributed by atoms with Gasteiger partial charge in [0, 0.05) is 27.7 Å². The predicted octanol–water partition coefficient (Wildman–Crippen LogP) is 13.1. The third kappa shape index (κ3) is 4.43. The van der Waals surface area contributed by atoms with Gasteiger partial charge in [0.15, 0.2) is 0 Å². The lowest BCUT2D eigenvalue weighted by atomic mass is 9.67. The molecule has 0 bridgehead atoms. The highest BCUT2D eigenvalue weighted by molar-refractivity contribution is 6.14. The molecule has 0 unspecified atom stereocenters. The van der Waals surface area contributed by atoms with Gasteiger partial charge in [0.25, 0.3) is 0 Å². The molecule has 0 saturated carbocycles. The van der Waals surface area contributed by atoms with Gasteiger partial charge >= 0.3 is 0 Å². The molecule has 1 aromatic heterocycles. The van der Waals surface area contributed by atoms with Crippen molar-refractivity contribution in [1.82, 2.24) is 0 Å². The summed E-state index contributed by atoms with van der Waals surface area (Å²) in [7, 11) is 0. The van der Waals surface area contributed by atoms with E-state index in [1.54, 1.807) is 0 Å². The maximum absolute atomic E-state index is 6.83. The highest BCUT2D eigenvalue weighted by Gasteiger charge is 2.46. The average molecular weight is 652 g/mol. The lowest BCUT2D eigenvalue weighted by Gasteiger charge is -2.33. The lowest BCUT2D eigenvalue weighted by Crippen LogP contribution is -2.28. The summed E-state index contributed by atoms with van der Waals surface area (Å²) in [5.41, 5.74) is 14.5. The maximum atomic E-state index is 6.83. The van der Waals surface area contributed by atoms with E-state index in [0.717, 1.165) is 50.1 Å². The first-order chi connectivity index (χ1) is 25.3. The molecule has 1 heterocycles. The van der Waals surface area contributed by atoms with E-state index in [2.05, 4.69) is 205 Å². The van der Waals surface area contributed by atoms with Gasteiger partial charge < -0.3 is 9.32 Å². The van der Waals surface area contributed by atoms with Crippen LogP contribution in [-0.4, -0.2) is 0 Å². The number of hydrogen-bond acceptors (Lipinski definition) is 2. The summed E-state index contributed by atoms with van der Waals surface area (Å²) in [6.45, 7) is 0. The Balaban J connectivity index is 1.21. The number of anilines is 3. The van der Waals surface area contributed by atoms with Crippen molar-refractivity contribution in [3.8, 4) is 22.3 Å². The summed E-state index contributed by atoms with van der Waals surface area (Å²) >= 11 is 0. The van der Waals surface area contributed by atoms with Crippen LogP contribution in [0.25, 0.3) is 44.2 Å². The molecule has 10 rings (SSSR count). The number of nitrogens with zero attached hydrogens (tertiary/aromatic N) is 1. The van der Waals surface area contributed by atoms with Crippen molar-refractivity contribution in [3.63, 3.8) is 0 Å². The fourth-order valence-electron chi connectivity index (χ4n) is 8.47. The van der Waals surface area contributed by atoms with Crippen molar-refractivity contribution in [2.75, 3.05) is 4.90 Å². The molecular formula is C49H33NO. The van der Waals surface area contributed by atoms with Gasteiger partial charge in [0.2, 0.25) is 0 Å². The average Bonchev–Trinajstić information content (AvgIpc) is 3.73. The van der Waals surface area contributed by atoms with Crippen LogP contribution in [0.3, 0.4) is 0 Å². The SMILES string of the molecule is c1ccc(N(c2ccccc2)c2ccccc2-c2cccc3oc4cc(C5(c6ccccc6)c6ccccc6-c6ccccc65)ccc4c23)cc1. The second-order valence-electron chi connectivity index (χ2n) is 13.2. The Hall–Kier alpha value is -6.64. The zero-order valence-electron chi connectivity index (χ0n) is 27.9. The van der Waals surface area contributed by atoms with Gasteiger partial charge in [-0.1, -0.05) is 158 Å². The zero-order valence-corrected chi connectivity index (χ0v) is 27.9. The van der Waals surface area contributed by atoms with Gasteiger partial charge in [-0.15, -0.1) is 0 Å². The number of benzene rings is 8. The van der Waals surface area contributed by atoms with Crippen molar-refractivity contribution < 1.29 is 4.42 Å². The maximum Gasteiger partial charge on any atom is 0.136 e. The fraction of sp³-hybridized carbons (Fsp3) is 0.0204. The molecule has 0 amide bonds. The van der Waals surface area contributed by atoms with E-state index in [9.17, 15) is 0 Å². The number of furan rings is 1. The number of rotatable bonds is 6. The summed E-state index contributed by atoms with van der Waals surface area (Å²) in [4.78, 5) is 2.34. The molecule has 0 aliphatic heterocycles. The van der Waals surface area contributed by atoms with Gasteiger partial charge in [0.05, 0.1) is 11.1 Å². The van der Waals surface area contributed by atoms with E-state index in [0.29, 0.717) is 0 Å². The molecule has 9 aromatic rings. The van der Waals surface area contributed by atoms with Crippen LogP contribution in [0.15, 0.2) is 205 Å². The van der Waals surface area contributed by atoms with Gasteiger partial charge in [0.1, 0.15) is 11.2 Å². The fourth-order valence-corrected chi connectivity index (χ4v) is 8.47. The van der Waals surface area contributed by atoms with E-state index in [4.69, 9.17) is 4.42 Å². The largest absolute Gasteiger partial charge is 0.456 e. The van der Waals surface area contributed by atoms with Crippen LogP contribution in [-0.2, 0) is 5.41 Å². The van der Waals surface area contributed by atoms with Crippen LogP contribution in [0.4, 0.5) is 17.1 Å². The van der Waals surface area contributed by atoms with Gasteiger partial charge in [-0.2, -0.15) is 0 Å². The highest BCUT2D eigenvalue weighted by atomic mass is 16.3. The zero-order chi connectivity index (χ0) is 33.8. The second kappa shape index (κ2) is 11.8. The molecule has 240 valence electrons. The number of fused-ring (bicyclic) bond motifs is 6. The van der Waals surface area contributed by atoms with Crippen LogP contribution in [0.5, 0.6) is 0 Å². The Morgan fingerprint density at radius 3 is 1.55 bits per heavy atom. The van der Waals surface area contributed by atoms with Gasteiger partial charge in [-0.05, 0) is 81.4 Å². The number of hydrogen-bond donors (Lipinski definition) is 0. The summed E-state index contributed by atoms with van der Waals surface area (Å²) in [6, 6.07) is 71.9. The van der Waals surface area contributed by atoms with Crippen molar-refractivity contribution in [3.05, 3.63) is 222 Å². The smallest absolute Gasteiger partial charge is 0.136 e. The van der Waals surface area contributed by atoms with Gasteiger partial charge in [-0.25, -0.2) is 0 Å². The van der Waals surface area contributed by atoms with Crippen LogP contribution in [0.2, 0.25) is 0 Å². The molecule has 1 aliphatic carbocycles. The standard InChI is InChI=1S/C49H33NO/c1-4-17-34(18-5-1)49(43-27-13-10-23-38(43)39-24-11-14-28-44(39)49)35-31-32-42-47(33-35)51-46-30-16-26-41(48(42)46)40-25-12-15-29-45(40)50(36-19-6-2-7-20-36)37-21-8-3-9-22-37/h1-33H. The van der Waals surface area contributed by atoms with Crippen LogP contribution in [0.1, 0.15) is 22.3 Å². The molecule has 1 aliphatic rings. The minimum Gasteiger partial charge on any atom is -0.456 e. The van der Waals surface area contributed by atoms with Crippen molar-refractivity contribution in [1.29, 1.82) is 0 Å². The molecule has 0 fully saturated rings. The molecular weight excluding hydrogens is 619 g/mol. The summed E-state index contributed by atoms with van der Waals surface area (Å²) in [5.74, 6) is 0. The Kier molecular flexibility index (Phi) is 6.75. The highest BCUT2D eigenvalue weighted by Crippen LogP contribution is 2.56. The minimum atomic E-state index is -0.483. The second-order valence-corrected chi connectivity index (χ2v) is 13.2. The summed E-state index contributed by atoms with van der Waals surface area (Å²) in [6.07, 6.45) is 0. The molecule has 0 atom stereocenters. The molecule has 51 heavy (non-hydrogen) atoms. The molecule has 0 saturated heterocycles. The topological polar surface area (TPSA) is 16.4 Å². The van der Waals surface area contributed by atoms with Crippen LogP contribution >= 0.6 is 0 Å². The molecule has 8 aromatic carbocycles. The lowest BCUT2D eigenvalue weighted by molar-refractivity contribution is 0.665. The normalized spacial score (nSPS) is 12.9. The Morgan fingerprint density at radius 1 is 0.373 bits per heavy atom. The molecule has 0 radical (unpaired) electrons. The van der Waals surface area contributed by atoms with E-state index in [1.165, 1.54) is 33.4 Å². The molecule has 0 spiro atoms. The molecule has 0 N–H and O–H groups in total. The Morgan fingerprint density at radius 2 is 0.902 bits per heavy atom. The number of para-hydroxylation sites is 3. The van der Waals surface area contributed by atoms with E-state index in [1.807, 2.05) is 0 Å². The first kappa shape index (κ1) is 29.3. The van der Waals surface area contributed by atoms with Crippen LogP contribution < -0.4 is 4.90 Å². The van der Waals surface area contributed by atoms with E-state index >= 15 is 0 Å². The summed E-state index contributed by atoms with van der Waals surface area (Å²) in [5, 5.41) is 2.22. The quantitative estimate of drug-likeness (QED) is 0.178. The third-order valence-electron chi connectivity index (χ3n) is 10.6.